The number of benzene rings is 1. The van der Waals surface area contributed by atoms with Crippen LogP contribution in [0.5, 0.6) is 0 Å². The molecule has 120 valence electrons. The first-order valence-electron chi connectivity index (χ1n) is 8.09. The molecule has 0 atom stereocenters. The van der Waals surface area contributed by atoms with Gasteiger partial charge < -0.3 is 10.6 Å². The molecule has 3 rings (SSSR count). The van der Waals surface area contributed by atoms with E-state index in [1.165, 1.54) is 24.0 Å². The van der Waals surface area contributed by atoms with E-state index in [1.54, 1.807) is 12.3 Å². The van der Waals surface area contributed by atoms with Gasteiger partial charge in [-0.1, -0.05) is 18.9 Å². The van der Waals surface area contributed by atoms with Crippen LogP contribution in [0.4, 0.5) is 11.6 Å². The van der Waals surface area contributed by atoms with Crippen LogP contribution in [0.3, 0.4) is 0 Å². The van der Waals surface area contributed by atoms with Crippen LogP contribution in [0, 0.1) is 13.8 Å². The van der Waals surface area contributed by atoms with Crippen molar-refractivity contribution in [2.75, 3.05) is 5.32 Å². The van der Waals surface area contributed by atoms with E-state index < -0.39 is 0 Å². The minimum Gasteiger partial charge on any atom is -0.348 e. The summed E-state index contributed by atoms with van der Waals surface area (Å²) in [6, 6.07) is 8.10. The quantitative estimate of drug-likeness (QED) is 0.907. The largest absolute Gasteiger partial charge is 0.348 e. The molecule has 1 aromatic carbocycles. The van der Waals surface area contributed by atoms with E-state index in [4.69, 9.17) is 0 Å². The number of aryl methyl sites for hydroxylation is 2. The topological polar surface area (TPSA) is 66.9 Å². The molecule has 1 saturated carbocycles. The minimum absolute atomic E-state index is 0.122. The summed E-state index contributed by atoms with van der Waals surface area (Å²) in [6.45, 7) is 4.09. The first-order chi connectivity index (χ1) is 11.1. The SMILES string of the molecule is Cc1cc(C)cc(Nc2nccc(C(=O)NC3CCCC3)n2)c1. The standard InChI is InChI=1S/C18H22N4O/c1-12-9-13(2)11-15(10-12)21-18-19-8-7-16(22-18)17(23)20-14-5-3-4-6-14/h7-11,14H,3-6H2,1-2H3,(H,20,23)(H,19,21,22). The van der Waals surface area contributed by atoms with Crippen LogP contribution in [0.15, 0.2) is 30.5 Å². The molecule has 2 aromatic rings. The summed E-state index contributed by atoms with van der Waals surface area (Å²) in [5.41, 5.74) is 3.67. The second kappa shape index (κ2) is 6.77. The van der Waals surface area contributed by atoms with Crippen molar-refractivity contribution >= 4 is 17.5 Å². The molecule has 0 radical (unpaired) electrons. The molecule has 0 unspecified atom stereocenters. The van der Waals surface area contributed by atoms with Gasteiger partial charge in [-0.3, -0.25) is 4.79 Å². The van der Waals surface area contributed by atoms with E-state index in [9.17, 15) is 4.79 Å². The summed E-state index contributed by atoms with van der Waals surface area (Å²) in [5, 5.41) is 6.22. The summed E-state index contributed by atoms with van der Waals surface area (Å²) < 4.78 is 0. The summed E-state index contributed by atoms with van der Waals surface area (Å²) in [4.78, 5) is 20.8. The Kier molecular flexibility index (Phi) is 4.55. The zero-order chi connectivity index (χ0) is 16.2. The third-order valence-electron chi connectivity index (χ3n) is 4.06. The average molecular weight is 310 g/mol. The molecule has 1 fully saturated rings. The molecule has 1 heterocycles. The third-order valence-corrected chi connectivity index (χ3v) is 4.06. The van der Waals surface area contributed by atoms with E-state index in [-0.39, 0.29) is 11.9 Å². The molecular formula is C18H22N4O. The van der Waals surface area contributed by atoms with E-state index in [0.29, 0.717) is 11.6 Å². The van der Waals surface area contributed by atoms with Crippen molar-refractivity contribution in [1.82, 2.24) is 15.3 Å². The summed E-state index contributed by atoms with van der Waals surface area (Å²) >= 11 is 0. The second-order valence-electron chi connectivity index (χ2n) is 6.22. The minimum atomic E-state index is -0.122. The number of amides is 1. The van der Waals surface area contributed by atoms with Crippen LogP contribution < -0.4 is 10.6 Å². The van der Waals surface area contributed by atoms with Gasteiger partial charge in [-0.15, -0.1) is 0 Å². The number of carbonyl (C=O) groups is 1. The van der Waals surface area contributed by atoms with Crippen LogP contribution in [0.2, 0.25) is 0 Å². The Morgan fingerprint density at radius 1 is 1.13 bits per heavy atom. The highest BCUT2D eigenvalue weighted by molar-refractivity contribution is 5.92. The lowest BCUT2D eigenvalue weighted by Crippen LogP contribution is -2.33. The van der Waals surface area contributed by atoms with Crippen LogP contribution >= 0.6 is 0 Å². The van der Waals surface area contributed by atoms with E-state index in [2.05, 4.69) is 26.7 Å². The number of carbonyl (C=O) groups excluding carboxylic acids is 1. The van der Waals surface area contributed by atoms with Crippen molar-refractivity contribution in [1.29, 1.82) is 0 Å². The first-order valence-corrected chi connectivity index (χ1v) is 8.09. The van der Waals surface area contributed by atoms with Crippen LogP contribution in [-0.4, -0.2) is 21.9 Å². The Labute approximate surface area is 136 Å². The maximum Gasteiger partial charge on any atom is 0.270 e. The summed E-state index contributed by atoms with van der Waals surface area (Å²) in [6.07, 6.45) is 6.11. The molecule has 0 spiro atoms. The molecule has 2 N–H and O–H groups in total. The fraction of sp³-hybridized carbons (Fsp3) is 0.389. The zero-order valence-corrected chi connectivity index (χ0v) is 13.6. The molecular weight excluding hydrogens is 288 g/mol. The predicted molar refractivity (Wildman–Crippen MR) is 91.0 cm³/mol. The lowest BCUT2D eigenvalue weighted by atomic mass is 10.1. The number of anilines is 2. The summed E-state index contributed by atoms with van der Waals surface area (Å²) in [7, 11) is 0. The van der Waals surface area contributed by atoms with E-state index in [0.717, 1.165) is 18.5 Å². The lowest BCUT2D eigenvalue weighted by molar-refractivity contribution is 0.0933. The maximum atomic E-state index is 12.3. The number of aromatic nitrogens is 2. The van der Waals surface area contributed by atoms with Crippen molar-refractivity contribution in [3.8, 4) is 0 Å². The number of rotatable bonds is 4. The van der Waals surface area contributed by atoms with Gasteiger partial charge in [0.05, 0.1) is 0 Å². The normalized spacial score (nSPS) is 14.7. The lowest BCUT2D eigenvalue weighted by Gasteiger charge is -2.12. The van der Waals surface area contributed by atoms with Gasteiger partial charge in [0.1, 0.15) is 5.69 Å². The van der Waals surface area contributed by atoms with Crippen molar-refractivity contribution in [2.45, 2.75) is 45.6 Å². The van der Waals surface area contributed by atoms with Gasteiger partial charge in [-0.25, -0.2) is 9.97 Å². The smallest absolute Gasteiger partial charge is 0.270 e. The van der Waals surface area contributed by atoms with Crippen molar-refractivity contribution < 1.29 is 4.79 Å². The average Bonchev–Trinajstić information content (AvgIpc) is 2.99. The molecule has 23 heavy (non-hydrogen) atoms. The third kappa shape index (κ3) is 4.06. The fourth-order valence-electron chi connectivity index (χ4n) is 3.05. The van der Waals surface area contributed by atoms with E-state index in [1.807, 2.05) is 26.0 Å². The highest BCUT2D eigenvalue weighted by Crippen LogP contribution is 2.19. The molecule has 0 aliphatic heterocycles. The first kappa shape index (κ1) is 15.5. The van der Waals surface area contributed by atoms with Crippen LogP contribution in [0.1, 0.15) is 47.3 Å². The highest BCUT2D eigenvalue weighted by atomic mass is 16.1. The molecule has 0 bridgehead atoms. The highest BCUT2D eigenvalue weighted by Gasteiger charge is 2.18. The van der Waals surface area contributed by atoms with E-state index >= 15 is 0 Å². The number of nitrogens with zero attached hydrogens (tertiary/aromatic N) is 2. The maximum absolute atomic E-state index is 12.3. The van der Waals surface area contributed by atoms with Gasteiger partial charge in [-0.2, -0.15) is 0 Å². The monoisotopic (exact) mass is 310 g/mol. The fourth-order valence-corrected chi connectivity index (χ4v) is 3.05. The molecule has 1 aliphatic carbocycles. The van der Waals surface area contributed by atoms with Gasteiger partial charge in [0.25, 0.3) is 5.91 Å². The molecule has 5 heteroatoms. The zero-order valence-electron chi connectivity index (χ0n) is 13.6. The Hall–Kier alpha value is -2.43. The van der Waals surface area contributed by atoms with Crippen LogP contribution in [-0.2, 0) is 0 Å². The van der Waals surface area contributed by atoms with Gasteiger partial charge in [0, 0.05) is 17.9 Å². The van der Waals surface area contributed by atoms with Crippen molar-refractivity contribution in [3.63, 3.8) is 0 Å². The van der Waals surface area contributed by atoms with Crippen molar-refractivity contribution in [2.24, 2.45) is 0 Å². The Morgan fingerprint density at radius 2 is 1.83 bits per heavy atom. The Balaban J connectivity index is 1.72. The predicted octanol–water partition coefficient (Wildman–Crippen LogP) is 3.51. The van der Waals surface area contributed by atoms with Gasteiger partial charge in [0.15, 0.2) is 0 Å². The number of hydrogen-bond acceptors (Lipinski definition) is 4. The molecule has 1 amide bonds. The molecule has 1 aliphatic rings. The van der Waals surface area contributed by atoms with Gasteiger partial charge in [0.2, 0.25) is 5.95 Å². The number of nitrogens with one attached hydrogen (secondary N) is 2. The Morgan fingerprint density at radius 3 is 2.52 bits per heavy atom. The Bertz CT molecular complexity index is 688. The van der Waals surface area contributed by atoms with Crippen molar-refractivity contribution in [3.05, 3.63) is 47.3 Å². The molecule has 5 nitrogen and oxygen atoms in total. The van der Waals surface area contributed by atoms with Gasteiger partial charge in [-0.05, 0) is 56.0 Å². The number of hydrogen-bond donors (Lipinski definition) is 2. The van der Waals surface area contributed by atoms with Gasteiger partial charge >= 0.3 is 0 Å². The second-order valence-corrected chi connectivity index (χ2v) is 6.22. The van der Waals surface area contributed by atoms with Crippen LogP contribution in [0.25, 0.3) is 0 Å². The molecule has 0 saturated heterocycles. The molecule has 1 aromatic heterocycles. The summed E-state index contributed by atoms with van der Waals surface area (Å²) in [5.74, 6) is 0.317.